The summed E-state index contributed by atoms with van der Waals surface area (Å²) in [5.74, 6) is 1.92. The van der Waals surface area contributed by atoms with Crippen molar-refractivity contribution < 1.29 is 14.2 Å². The van der Waals surface area contributed by atoms with Crippen LogP contribution in [0.4, 0.5) is 0 Å². The smallest absolute Gasteiger partial charge is 0.194 e. The van der Waals surface area contributed by atoms with Crippen LogP contribution in [0.2, 0.25) is 0 Å². The number of aryl methyl sites for hydroxylation is 1. The van der Waals surface area contributed by atoms with E-state index in [2.05, 4.69) is 20.8 Å². The Morgan fingerprint density at radius 2 is 1.86 bits per heavy atom. The van der Waals surface area contributed by atoms with E-state index in [0.717, 1.165) is 24.3 Å². The van der Waals surface area contributed by atoms with Gasteiger partial charge in [0, 0.05) is 20.2 Å². The number of tetrazole rings is 1. The van der Waals surface area contributed by atoms with Crippen LogP contribution in [0.3, 0.4) is 0 Å². The number of nitrogens with one attached hydrogen (secondary N) is 1. The van der Waals surface area contributed by atoms with E-state index < -0.39 is 0 Å². The lowest BCUT2D eigenvalue weighted by Gasteiger charge is -2.12. The molecule has 3 rings (SSSR count). The molecule has 148 valence electrons. The average molecular weight is 383 g/mol. The van der Waals surface area contributed by atoms with E-state index in [4.69, 9.17) is 14.2 Å². The van der Waals surface area contributed by atoms with Gasteiger partial charge in [-0.1, -0.05) is 23.8 Å². The normalized spacial score (nSPS) is 10.8. The van der Waals surface area contributed by atoms with Gasteiger partial charge in [0.1, 0.15) is 0 Å². The SMILES string of the molecule is COCCNCc1ccc(OCc2nnnn2-c2ccc(C)cc2)c(OC)c1. The fourth-order valence-electron chi connectivity index (χ4n) is 2.67. The number of rotatable bonds is 10. The molecular formula is C20H25N5O3. The van der Waals surface area contributed by atoms with Crippen molar-refractivity contribution in [3.05, 3.63) is 59.4 Å². The second-order valence-corrected chi connectivity index (χ2v) is 6.29. The topological polar surface area (TPSA) is 83.3 Å². The number of hydrogen-bond acceptors (Lipinski definition) is 7. The van der Waals surface area contributed by atoms with Crippen LogP contribution >= 0.6 is 0 Å². The van der Waals surface area contributed by atoms with Crippen molar-refractivity contribution >= 4 is 0 Å². The largest absolute Gasteiger partial charge is 0.493 e. The average Bonchev–Trinajstić information content (AvgIpc) is 3.19. The number of ether oxygens (including phenoxy) is 3. The predicted molar refractivity (Wildman–Crippen MR) is 105 cm³/mol. The Bertz CT molecular complexity index is 880. The van der Waals surface area contributed by atoms with Gasteiger partial charge in [-0.15, -0.1) is 5.10 Å². The molecule has 1 aromatic heterocycles. The van der Waals surface area contributed by atoms with Gasteiger partial charge in [-0.3, -0.25) is 0 Å². The highest BCUT2D eigenvalue weighted by Crippen LogP contribution is 2.28. The minimum Gasteiger partial charge on any atom is -0.493 e. The van der Waals surface area contributed by atoms with Gasteiger partial charge in [0.25, 0.3) is 0 Å². The van der Waals surface area contributed by atoms with E-state index in [9.17, 15) is 0 Å². The summed E-state index contributed by atoms with van der Waals surface area (Å²) in [7, 11) is 3.31. The monoisotopic (exact) mass is 383 g/mol. The second kappa shape index (κ2) is 9.82. The molecule has 0 unspecified atom stereocenters. The molecule has 28 heavy (non-hydrogen) atoms. The highest BCUT2D eigenvalue weighted by molar-refractivity contribution is 5.43. The molecule has 0 aliphatic rings. The number of hydrogen-bond donors (Lipinski definition) is 1. The van der Waals surface area contributed by atoms with Crippen molar-refractivity contribution in [3.63, 3.8) is 0 Å². The van der Waals surface area contributed by atoms with Gasteiger partial charge in [-0.25, -0.2) is 0 Å². The van der Waals surface area contributed by atoms with Gasteiger partial charge in [-0.05, 0) is 47.2 Å². The highest BCUT2D eigenvalue weighted by atomic mass is 16.5. The summed E-state index contributed by atoms with van der Waals surface area (Å²) in [6.07, 6.45) is 0. The first-order chi connectivity index (χ1) is 13.7. The second-order valence-electron chi connectivity index (χ2n) is 6.29. The molecule has 1 N–H and O–H groups in total. The minimum absolute atomic E-state index is 0.225. The van der Waals surface area contributed by atoms with E-state index in [1.54, 1.807) is 18.9 Å². The molecule has 0 radical (unpaired) electrons. The van der Waals surface area contributed by atoms with Crippen LogP contribution in [0, 0.1) is 6.92 Å². The molecule has 0 aliphatic heterocycles. The number of aromatic nitrogens is 4. The lowest BCUT2D eigenvalue weighted by Crippen LogP contribution is -2.18. The van der Waals surface area contributed by atoms with Crippen LogP contribution in [-0.4, -0.2) is 47.6 Å². The first-order valence-electron chi connectivity index (χ1n) is 9.05. The summed E-state index contributed by atoms with van der Waals surface area (Å²) in [6, 6.07) is 13.8. The summed E-state index contributed by atoms with van der Waals surface area (Å²) >= 11 is 0. The fraction of sp³-hybridized carbons (Fsp3) is 0.350. The molecule has 0 aliphatic carbocycles. The molecule has 0 fully saturated rings. The Morgan fingerprint density at radius 1 is 1.04 bits per heavy atom. The maximum Gasteiger partial charge on any atom is 0.194 e. The van der Waals surface area contributed by atoms with Crippen molar-refractivity contribution in [1.82, 2.24) is 25.5 Å². The Balaban J connectivity index is 1.66. The van der Waals surface area contributed by atoms with Gasteiger partial charge < -0.3 is 19.5 Å². The quantitative estimate of drug-likeness (QED) is 0.538. The molecule has 0 atom stereocenters. The van der Waals surface area contributed by atoms with Crippen LogP contribution in [0.5, 0.6) is 11.5 Å². The number of nitrogens with zero attached hydrogens (tertiary/aromatic N) is 4. The van der Waals surface area contributed by atoms with E-state index >= 15 is 0 Å². The van der Waals surface area contributed by atoms with Crippen LogP contribution < -0.4 is 14.8 Å². The summed E-state index contributed by atoms with van der Waals surface area (Å²) in [6.45, 7) is 4.46. The summed E-state index contributed by atoms with van der Waals surface area (Å²) in [5.41, 5.74) is 3.17. The van der Waals surface area contributed by atoms with Gasteiger partial charge in [0.2, 0.25) is 0 Å². The first-order valence-corrected chi connectivity index (χ1v) is 9.05. The Labute approximate surface area is 164 Å². The molecule has 0 saturated heterocycles. The van der Waals surface area contributed by atoms with Crippen LogP contribution in [-0.2, 0) is 17.9 Å². The van der Waals surface area contributed by atoms with E-state index in [1.165, 1.54) is 5.56 Å². The third-order valence-corrected chi connectivity index (χ3v) is 4.21. The number of benzene rings is 2. The van der Waals surface area contributed by atoms with Crippen molar-refractivity contribution in [1.29, 1.82) is 0 Å². The molecule has 0 bridgehead atoms. The Hall–Kier alpha value is -2.97. The van der Waals surface area contributed by atoms with E-state index in [0.29, 0.717) is 23.9 Å². The van der Waals surface area contributed by atoms with Gasteiger partial charge in [0.05, 0.1) is 19.4 Å². The lowest BCUT2D eigenvalue weighted by molar-refractivity contribution is 0.199. The zero-order chi connectivity index (χ0) is 19.8. The summed E-state index contributed by atoms with van der Waals surface area (Å²) < 4.78 is 18.1. The van der Waals surface area contributed by atoms with Gasteiger partial charge >= 0.3 is 0 Å². The third kappa shape index (κ3) is 5.05. The van der Waals surface area contributed by atoms with Crippen molar-refractivity contribution in [3.8, 4) is 17.2 Å². The molecule has 3 aromatic rings. The predicted octanol–water partition coefficient (Wildman–Crippen LogP) is 2.29. The van der Waals surface area contributed by atoms with Crippen LogP contribution in [0.1, 0.15) is 17.0 Å². The molecule has 8 heteroatoms. The molecular weight excluding hydrogens is 358 g/mol. The van der Waals surface area contributed by atoms with Crippen LogP contribution in [0.25, 0.3) is 5.69 Å². The Kier molecular flexibility index (Phi) is 6.94. The van der Waals surface area contributed by atoms with Crippen molar-refractivity contribution in [2.75, 3.05) is 27.4 Å². The standard InChI is InChI=1S/C20H25N5O3/c1-15-4-7-17(8-5-15)25-20(22-23-24-25)14-28-18-9-6-16(12-19(18)27-3)13-21-10-11-26-2/h4-9,12,21H,10-11,13-14H2,1-3H3. The summed E-state index contributed by atoms with van der Waals surface area (Å²) in [5, 5.41) is 15.2. The Morgan fingerprint density at radius 3 is 2.61 bits per heavy atom. The van der Waals surface area contributed by atoms with E-state index in [-0.39, 0.29) is 6.61 Å². The molecule has 0 saturated carbocycles. The third-order valence-electron chi connectivity index (χ3n) is 4.21. The maximum atomic E-state index is 5.93. The maximum absolute atomic E-state index is 5.93. The summed E-state index contributed by atoms with van der Waals surface area (Å²) in [4.78, 5) is 0. The fourth-order valence-corrected chi connectivity index (χ4v) is 2.67. The van der Waals surface area contributed by atoms with Gasteiger partial charge in [-0.2, -0.15) is 4.68 Å². The molecule has 0 amide bonds. The zero-order valence-electron chi connectivity index (χ0n) is 16.4. The van der Waals surface area contributed by atoms with Gasteiger partial charge in [0.15, 0.2) is 23.9 Å². The molecule has 8 nitrogen and oxygen atoms in total. The van der Waals surface area contributed by atoms with Crippen molar-refractivity contribution in [2.45, 2.75) is 20.1 Å². The molecule has 2 aromatic carbocycles. The zero-order valence-corrected chi connectivity index (χ0v) is 16.4. The first kappa shape index (κ1) is 19.8. The highest BCUT2D eigenvalue weighted by Gasteiger charge is 2.12. The number of methoxy groups -OCH3 is 2. The van der Waals surface area contributed by atoms with E-state index in [1.807, 2.05) is 49.4 Å². The minimum atomic E-state index is 0.225. The van der Waals surface area contributed by atoms with Crippen molar-refractivity contribution in [2.24, 2.45) is 0 Å². The lowest BCUT2D eigenvalue weighted by atomic mass is 10.2. The van der Waals surface area contributed by atoms with Crippen LogP contribution in [0.15, 0.2) is 42.5 Å². The molecule has 0 spiro atoms. The molecule has 1 heterocycles.